The molecule has 1 fully saturated rings. The Hall–Kier alpha value is -2.78. The molecule has 3 rings (SSSR count). The second-order valence-corrected chi connectivity index (χ2v) is 11.0. The number of nitrogens with zero attached hydrogens (tertiary/aromatic N) is 2. The van der Waals surface area contributed by atoms with E-state index in [4.69, 9.17) is 4.74 Å². The number of benzene rings is 1. The zero-order chi connectivity index (χ0) is 25.8. The first-order valence-corrected chi connectivity index (χ1v) is 12.8. The number of thiazole rings is 1. The van der Waals surface area contributed by atoms with E-state index in [0.29, 0.717) is 13.0 Å². The van der Waals surface area contributed by atoms with E-state index >= 15 is 0 Å². The van der Waals surface area contributed by atoms with Gasteiger partial charge in [-0.25, -0.2) is 4.98 Å². The van der Waals surface area contributed by atoms with Crippen molar-refractivity contribution >= 4 is 29.1 Å². The highest BCUT2D eigenvalue weighted by Crippen LogP contribution is 2.29. The standard InChI is InChI=1S/C26H36N4O4S/c1-16(18-9-11-19(12-10-18)22-17(2)27-15-35-22)28-24(32)20-8-7-13-30(20)25(33)23(26(3,4)5)29-21(31)14-34-6/h9-12,15-16,20,23H,7-8,13-14H2,1-6H3,(H,28,32)(H,29,31)/t16-,20-,23+/m0/s1. The number of likely N-dealkylation sites (tertiary alicyclic amines) is 1. The Balaban J connectivity index is 1.68. The van der Waals surface area contributed by atoms with Crippen LogP contribution in [0.25, 0.3) is 10.4 Å². The topological polar surface area (TPSA) is 101 Å². The third kappa shape index (κ3) is 6.46. The van der Waals surface area contributed by atoms with E-state index < -0.39 is 17.5 Å². The van der Waals surface area contributed by atoms with Crippen LogP contribution < -0.4 is 10.6 Å². The van der Waals surface area contributed by atoms with Crippen LogP contribution >= 0.6 is 11.3 Å². The fourth-order valence-electron chi connectivity index (χ4n) is 4.35. The molecule has 35 heavy (non-hydrogen) atoms. The molecule has 9 heteroatoms. The average molecular weight is 501 g/mol. The molecule has 1 saturated heterocycles. The maximum Gasteiger partial charge on any atom is 0.246 e. The van der Waals surface area contributed by atoms with Crippen molar-refractivity contribution in [2.75, 3.05) is 20.3 Å². The number of amides is 3. The zero-order valence-corrected chi connectivity index (χ0v) is 22.2. The van der Waals surface area contributed by atoms with Crippen LogP contribution in [-0.4, -0.2) is 60.0 Å². The number of aromatic nitrogens is 1. The summed E-state index contributed by atoms with van der Waals surface area (Å²) in [6, 6.07) is 6.58. The Morgan fingerprint density at radius 2 is 1.89 bits per heavy atom. The van der Waals surface area contributed by atoms with Crippen LogP contribution in [0, 0.1) is 12.3 Å². The average Bonchev–Trinajstić information content (AvgIpc) is 3.46. The Kier molecular flexibility index (Phi) is 8.66. The molecule has 190 valence electrons. The van der Waals surface area contributed by atoms with Crippen LogP contribution in [0.4, 0.5) is 0 Å². The van der Waals surface area contributed by atoms with Crippen molar-refractivity contribution in [2.45, 2.75) is 65.6 Å². The zero-order valence-electron chi connectivity index (χ0n) is 21.4. The Labute approximate surface area is 211 Å². The lowest BCUT2D eigenvalue weighted by Gasteiger charge is -2.35. The van der Waals surface area contributed by atoms with Gasteiger partial charge in [0.05, 0.1) is 22.1 Å². The van der Waals surface area contributed by atoms with E-state index in [1.165, 1.54) is 7.11 Å². The fraction of sp³-hybridized carbons (Fsp3) is 0.538. The second kappa shape index (κ2) is 11.3. The van der Waals surface area contributed by atoms with Gasteiger partial charge in [-0.2, -0.15) is 0 Å². The third-order valence-corrected chi connectivity index (χ3v) is 7.29. The summed E-state index contributed by atoms with van der Waals surface area (Å²) in [5.41, 5.74) is 4.41. The summed E-state index contributed by atoms with van der Waals surface area (Å²) < 4.78 is 4.90. The molecule has 0 spiro atoms. The van der Waals surface area contributed by atoms with Crippen molar-refractivity contribution in [3.63, 3.8) is 0 Å². The van der Waals surface area contributed by atoms with Crippen molar-refractivity contribution in [2.24, 2.45) is 5.41 Å². The largest absolute Gasteiger partial charge is 0.375 e. The monoisotopic (exact) mass is 500 g/mol. The van der Waals surface area contributed by atoms with E-state index in [9.17, 15) is 14.4 Å². The Morgan fingerprint density at radius 1 is 1.20 bits per heavy atom. The molecular formula is C26H36N4O4S. The van der Waals surface area contributed by atoms with E-state index in [-0.39, 0.29) is 30.4 Å². The lowest BCUT2D eigenvalue weighted by Crippen LogP contribution is -2.58. The van der Waals surface area contributed by atoms with E-state index in [1.54, 1.807) is 16.2 Å². The minimum Gasteiger partial charge on any atom is -0.375 e. The van der Waals surface area contributed by atoms with Gasteiger partial charge in [-0.15, -0.1) is 11.3 Å². The lowest BCUT2D eigenvalue weighted by atomic mass is 9.85. The van der Waals surface area contributed by atoms with Crippen molar-refractivity contribution < 1.29 is 19.1 Å². The summed E-state index contributed by atoms with van der Waals surface area (Å²) >= 11 is 1.61. The maximum atomic E-state index is 13.5. The molecule has 2 heterocycles. The summed E-state index contributed by atoms with van der Waals surface area (Å²) in [6.45, 7) is 9.98. The Bertz CT molecular complexity index is 1040. The van der Waals surface area contributed by atoms with Gasteiger partial charge in [0.15, 0.2) is 0 Å². The van der Waals surface area contributed by atoms with Crippen LogP contribution in [0.2, 0.25) is 0 Å². The molecule has 2 aromatic rings. The van der Waals surface area contributed by atoms with Gasteiger partial charge < -0.3 is 20.3 Å². The van der Waals surface area contributed by atoms with Crippen LogP contribution in [0.1, 0.15) is 57.8 Å². The highest BCUT2D eigenvalue weighted by atomic mass is 32.1. The smallest absolute Gasteiger partial charge is 0.246 e. The van der Waals surface area contributed by atoms with Crippen LogP contribution in [-0.2, 0) is 19.1 Å². The third-order valence-electron chi connectivity index (χ3n) is 6.31. The van der Waals surface area contributed by atoms with Crippen LogP contribution in [0.3, 0.4) is 0 Å². The maximum absolute atomic E-state index is 13.5. The molecule has 0 aliphatic carbocycles. The number of hydrogen-bond acceptors (Lipinski definition) is 6. The number of nitrogens with one attached hydrogen (secondary N) is 2. The molecule has 2 N–H and O–H groups in total. The molecule has 8 nitrogen and oxygen atoms in total. The number of rotatable bonds is 8. The van der Waals surface area contributed by atoms with Gasteiger partial charge >= 0.3 is 0 Å². The minimum atomic E-state index is -0.751. The molecule has 3 atom stereocenters. The highest BCUT2D eigenvalue weighted by molar-refractivity contribution is 7.13. The number of ether oxygens (including phenoxy) is 1. The lowest BCUT2D eigenvalue weighted by molar-refractivity contribution is -0.144. The van der Waals surface area contributed by atoms with Crippen molar-refractivity contribution in [1.29, 1.82) is 0 Å². The summed E-state index contributed by atoms with van der Waals surface area (Å²) in [5, 5.41) is 5.87. The number of carbonyl (C=O) groups excluding carboxylic acids is 3. The predicted molar refractivity (Wildman–Crippen MR) is 137 cm³/mol. The normalized spacial score (nSPS) is 17.7. The van der Waals surface area contributed by atoms with Crippen LogP contribution in [0.15, 0.2) is 29.8 Å². The first kappa shape index (κ1) is 26.8. The van der Waals surface area contributed by atoms with Crippen molar-refractivity contribution in [1.82, 2.24) is 20.5 Å². The SMILES string of the molecule is COCC(=O)N[C@H](C(=O)N1CCC[C@H]1C(=O)N[C@@H](C)c1ccc(-c2scnc2C)cc1)C(C)(C)C. The molecule has 1 aromatic carbocycles. The number of hydrogen-bond donors (Lipinski definition) is 2. The van der Waals surface area contributed by atoms with Gasteiger partial charge in [0.2, 0.25) is 17.7 Å². The molecule has 1 aliphatic rings. The van der Waals surface area contributed by atoms with Gasteiger partial charge in [-0.1, -0.05) is 45.0 Å². The first-order chi connectivity index (χ1) is 16.5. The van der Waals surface area contributed by atoms with Gasteiger partial charge in [0.25, 0.3) is 0 Å². The molecule has 0 unspecified atom stereocenters. The molecule has 1 aliphatic heterocycles. The highest BCUT2D eigenvalue weighted by Gasteiger charge is 2.42. The molecule has 0 bridgehead atoms. The summed E-state index contributed by atoms with van der Waals surface area (Å²) in [5.74, 6) is -0.773. The molecule has 0 saturated carbocycles. The number of aryl methyl sites for hydroxylation is 1. The number of methoxy groups -OCH3 is 1. The first-order valence-electron chi connectivity index (χ1n) is 11.9. The predicted octanol–water partition coefficient (Wildman–Crippen LogP) is 3.46. The van der Waals surface area contributed by atoms with E-state index in [0.717, 1.165) is 28.1 Å². The molecule has 1 aromatic heterocycles. The quantitative estimate of drug-likeness (QED) is 0.578. The van der Waals surface area contributed by atoms with Gasteiger partial charge in [0.1, 0.15) is 18.7 Å². The summed E-state index contributed by atoms with van der Waals surface area (Å²) in [7, 11) is 1.43. The second-order valence-electron chi connectivity index (χ2n) is 10.1. The number of carbonyl (C=O) groups is 3. The van der Waals surface area contributed by atoms with Gasteiger partial charge in [0, 0.05) is 13.7 Å². The Morgan fingerprint density at radius 3 is 2.46 bits per heavy atom. The van der Waals surface area contributed by atoms with Gasteiger partial charge in [-0.3, -0.25) is 14.4 Å². The fourth-order valence-corrected chi connectivity index (χ4v) is 5.16. The van der Waals surface area contributed by atoms with E-state index in [2.05, 4.69) is 15.6 Å². The van der Waals surface area contributed by atoms with Crippen LogP contribution in [0.5, 0.6) is 0 Å². The molecular weight excluding hydrogens is 464 g/mol. The molecule has 3 amide bonds. The van der Waals surface area contributed by atoms with Crippen molar-refractivity contribution in [3.8, 4) is 10.4 Å². The van der Waals surface area contributed by atoms with Gasteiger partial charge in [-0.05, 0) is 43.2 Å². The van der Waals surface area contributed by atoms with E-state index in [1.807, 2.05) is 64.4 Å². The minimum absolute atomic E-state index is 0.122. The van der Waals surface area contributed by atoms with Crippen molar-refractivity contribution in [3.05, 3.63) is 41.0 Å². The molecule has 0 radical (unpaired) electrons. The summed E-state index contributed by atoms with van der Waals surface area (Å²) in [6.07, 6.45) is 1.33. The summed E-state index contributed by atoms with van der Waals surface area (Å²) in [4.78, 5) is 45.9.